The zero-order valence-electron chi connectivity index (χ0n) is 10.2. The zero-order chi connectivity index (χ0) is 11.4. The highest BCUT2D eigenvalue weighted by molar-refractivity contribution is 5.71. The standard InChI is InChI=1S/C14H21N/c1-5-6-10(2)12(4)14-9-13(15)8-7-11(14)3/h7-9H,5-6,15H2,1-4H3/b12-10-. The van der Waals surface area contributed by atoms with Gasteiger partial charge in [-0.2, -0.15) is 0 Å². The van der Waals surface area contributed by atoms with E-state index in [9.17, 15) is 0 Å². The molecule has 0 aliphatic heterocycles. The molecule has 2 N–H and O–H groups in total. The molecule has 1 aromatic rings. The van der Waals surface area contributed by atoms with Crippen LogP contribution in [0.2, 0.25) is 0 Å². The highest BCUT2D eigenvalue weighted by Gasteiger charge is 2.04. The summed E-state index contributed by atoms with van der Waals surface area (Å²) >= 11 is 0. The summed E-state index contributed by atoms with van der Waals surface area (Å²) in [6.45, 7) is 8.74. The van der Waals surface area contributed by atoms with Gasteiger partial charge in [-0.15, -0.1) is 0 Å². The van der Waals surface area contributed by atoms with Crippen LogP contribution in [0.15, 0.2) is 23.8 Å². The summed E-state index contributed by atoms with van der Waals surface area (Å²) in [4.78, 5) is 0. The fraction of sp³-hybridized carbons (Fsp3) is 0.429. The van der Waals surface area contributed by atoms with Gasteiger partial charge in [0.15, 0.2) is 0 Å². The molecule has 0 fully saturated rings. The fourth-order valence-electron chi connectivity index (χ4n) is 1.84. The summed E-state index contributed by atoms with van der Waals surface area (Å²) in [6.07, 6.45) is 2.37. The van der Waals surface area contributed by atoms with Crippen LogP contribution in [0.4, 0.5) is 5.69 Å². The van der Waals surface area contributed by atoms with Crippen molar-refractivity contribution in [1.29, 1.82) is 0 Å². The molecule has 82 valence electrons. The molecule has 0 bridgehead atoms. The first-order valence-electron chi connectivity index (χ1n) is 5.59. The second-order valence-electron chi connectivity index (χ2n) is 4.23. The molecule has 0 amide bonds. The third-order valence-corrected chi connectivity index (χ3v) is 2.93. The van der Waals surface area contributed by atoms with Gasteiger partial charge in [-0.3, -0.25) is 0 Å². The highest BCUT2D eigenvalue weighted by Crippen LogP contribution is 2.25. The van der Waals surface area contributed by atoms with Crippen LogP contribution in [0.3, 0.4) is 0 Å². The number of nitrogen functional groups attached to an aromatic ring is 1. The van der Waals surface area contributed by atoms with Crippen molar-refractivity contribution in [3.8, 4) is 0 Å². The number of allylic oxidation sites excluding steroid dienone is 2. The molecule has 0 saturated carbocycles. The van der Waals surface area contributed by atoms with Gasteiger partial charge < -0.3 is 5.73 Å². The Labute approximate surface area is 93.0 Å². The van der Waals surface area contributed by atoms with Crippen molar-refractivity contribution < 1.29 is 0 Å². The number of hydrogen-bond acceptors (Lipinski definition) is 1. The lowest BCUT2D eigenvalue weighted by Gasteiger charge is -2.11. The van der Waals surface area contributed by atoms with Gasteiger partial charge in [-0.05, 0) is 56.0 Å². The molecule has 0 aliphatic rings. The molecule has 0 saturated heterocycles. The molecule has 15 heavy (non-hydrogen) atoms. The van der Waals surface area contributed by atoms with Crippen LogP contribution in [-0.2, 0) is 0 Å². The first kappa shape index (κ1) is 11.8. The lowest BCUT2D eigenvalue weighted by atomic mass is 9.95. The van der Waals surface area contributed by atoms with E-state index in [-0.39, 0.29) is 0 Å². The van der Waals surface area contributed by atoms with E-state index in [2.05, 4.69) is 39.8 Å². The van der Waals surface area contributed by atoms with Gasteiger partial charge >= 0.3 is 0 Å². The van der Waals surface area contributed by atoms with E-state index < -0.39 is 0 Å². The van der Waals surface area contributed by atoms with Gasteiger partial charge in [0.25, 0.3) is 0 Å². The fourth-order valence-corrected chi connectivity index (χ4v) is 1.84. The predicted octanol–water partition coefficient (Wildman–Crippen LogP) is 4.17. The van der Waals surface area contributed by atoms with Crippen molar-refractivity contribution in [2.75, 3.05) is 5.73 Å². The van der Waals surface area contributed by atoms with Crippen molar-refractivity contribution in [3.05, 3.63) is 34.9 Å². The summed E-state index contributed by atoms with van der Waals surface area (Å²) in [5.41, 5.74) is 12.1. The molecular formula is C14H21N. The third kappa shape index (κ3) is 2.85. The van der Waals surface area contributed by atoms with Crippen LogP contribution in [-0.4, -0.2) is 0 Å². The summed E-state index contributed by atoms with van der Waals surface area (Å²) in [6, 6.07) is 6.12. The minimum absolute atomic E-state index is 0.847. The van der Waals surface area contributed by atoms with Gasteiger partial charge in [0.05, 0.1) is 0 Å². The highest BCUT2D eigenvalue weighted by atomic mass is 14.5. The van der Waals surface area contributed by atoms with Crippen molar-refractivity contribution in [1.82, 2.24) is 0 Å². The predicted molar refractivity (Wildman–Crippen MR) is 68.8 cm³/mol. The number of hydrogen-bond donors (Lipinski definition) is 1. The quantitative estimate of drug-likeness (QED) is 0.733. The monoisotopic (exact) mass is 203 g/mol. The first-order valence-corrected chi connectivity index (χ1v) is 5.59. The summed E-state index contributed by atoms with van der Waals surface area (Å²) < 4.78 is 0. The van der Waals surface area contributed by atoms with Crippen LogP contribution >= 0.6 is 0 Å². The minimum atomic E-state index is 0.847. The number of nitrogens with two attached hydrogens (primary N) is 1. The molecule has 0 radical (unpaired) electrons. The van der Waals surface area contributed by atoms with Crippen molar-refractivity contribution in [2.45, 2.75) is 40.5 Å². The van der Waals surface area contributed by atoms with E-state index in [0.29, 0.717) is 0 Å². The average Bonchev–Trinajstić information content (AvgIpc) is 2.21. The molecule has 0 unspecified atom stereocenters. The second-order valence-corrected chi connectivity index (χ2v) is 4.23. The van der Waals surface area contributed by atoms with E-state index in [1.807, 2.05) is 6.07 Å². The number of aryl methyl sites for hydroxylation is 1. The van der Waals surface area contributed by atoms with Gasteiger partial charge in [-0.25, -0.2) is 0 Å². The molecular weight excluding hydrogens is 182 g/mol. The Morgan fingerprint density at radius 1 is 1.27 bits per heavy atom. The van der Waals surface area contributed by atoms with Crippen LogP contribution in [0.25, 0.3) is 5.57 Å². The van der Waals surface area contributed by atoms with E-state index in [4.69, 9.17) is 5.73 Å². The third-order valence-electron chi connectivity index (χ3n) is 2.93. The van der Waals surface area contributed by atoms with E-state index in [1.54, 1.807) is 0 Å². The van der Waals surface area contributed by atoms with Crippen LogP contribution < -0.4 is 5.73 Å². The zero-order valence-corrected chi connectivity index (χ0v) is 10.2. The number of benzene rings is 1. The SMILES string of the molecule is CCC/C(C)=C(/C)c1cc(N)ccc1C. The average molecular weight is 203 g/mol. The molecule has 1 nitrogen and oxygen atoms in total. The molecule has 0 heterocycles. The maximum Gasteiger partial charge on any atom is 0.0320 e. The number of rotatable bonds is 3. The van der Waals surface area contributed by atoms with Gasteiger partial charge in [0, 0.05) is 5.69 Å². The Balaban J connectivity index is 3.15. The molecule has 0 aromatic heterocycles. The smallest absolute Gasteiger partial charge is 0.0320 e. The van der Waals surface area contributed by atoms with E-state index >= 15 is 0 Å². The molecule has 1 aromatic carbocycles. The van der Waals surface area contributed by atoms with Crippen molar-refractivity contribution in [3.63, 3.8) is 0 Å². The maximum atomic E-state index is 5.82. The largest absolute Gasteiger partial charge is 0.399 e. The summed E-state index contributed by atoms with van der Waals surface area (Å²) in [7, 11) is 0. The summed E-state index contributed by atoms with van der Waals surface area (Å²) in [5, 5.41) is 0. The van der Waals surface area contributed by atoms with Crippen LogP contribution in [0.5, 0.6) is 0 Å². The van der Waals surface area contributed by atoms with E-state index in [1.165, 1.54) is 35.1 Å². The normalized spacial score (nSPS) is 12.5. The molecule has 0 atom stereocenters. The lowest BCUT2D eigenvalue weighted by Crippen LogP contribution is -1.93. The second kappa shape index (κ2) is 5.01. The number of anilines is 1. The van der Waals surface area contributed by atoms with Crippen molar-refractivity contribution >= 4 is 11.3 Å². The molecule has 1 rings (SSSR count). The first-order chi connectivity index (χ1) is 7.06. The van der Waals surface area contributed by atoms with Crippen LogP contribution in [0.1, 0.15) is 44.7 Å². The Morgan fingerprint density at radius 2 is 1.93 bits per heavy atom. The lowest BCUT2D eigenvalue weighted by molar-refractivity contribution is 0.906. The topological polar surface area (TPSA) is 26.0 Å². The minimum Gasteiger partial charge on any atom is -0.399 e. The van der Waals surface area contributed by atoms with Gasteiger partial charge in [-0.1, -0.05) is 25.0 Å². The Morgan fingerprint density at radius 3 is 2.53 bits per heavy atom. The molecule has 0 spiro atoms. The maximum absolute atomic E-state index is 5.82. The molecule has 1 heteroatoms. The Bertz CT molecular complexity index is 375. The summed E-state index contributed by atoms with van der Waals surface area (Å²) in [5.74, 6) is 0. The van der Waals surface area contributed by atoms with Gasteiger partial charge in [0.2, 0.25) is 0 Å². The Hall–Kier alpha value is -1.24. The van der Waals surface area contributed by atoms with Crippen molar-refractivity contribution in [2.24, 2.45) is 0 Å². The van der Waals surface area contributed by atoms with E-state index in [0.717, 1.165) is 5.69 Å². The van der Waals surface area contributed by atoms with Crippen LogP contribution in [0, 0.1) is 6.92 Å². The molecule has 0 aliphatic carbocycles. The van der Waals surface area contributed by atoms with Gasteiger partial charge in [0.1, 0.15) is 0 Å². The Kier molecular flexibility index (Phi) is 3.96.